The van der Waals surface area contributed by atoms with Crippen molar-refractivity contribution in [2.45, 2.75) is 103 Å². The van der Waals surface area contributed by atoms with Crippen LogP contribution in [0.15, 0.2) is 12.2 Å². The molecule has 134 valence electrons. The van der Waals surface area contributed by atoms with Crippen LogP contribution in [-0.4, -0.2) is 5.97 Å². The van der Waals surface area contributed by atoms with Crippen molar-refractivity contribution in [1.82, 2.24) is 0 Å². The third-order valence-corrected chi connectivity index (χ3v) is 5.02. The number of hydrogen-bond donors (Lipinski definition) is 0. The van der Waals surface area contributed by atoms with Crippen molar-refractivity contribution < 1.29 is 61.3 Å². The Bertz CT molecular complexity index is 324. The third-order valence-electron chi connectivity index (χ3n) is 5.02. The molecule has 1 rings (SSSR count). The molecule has 0 spiro atoms. The van der Waals surface area contributed by atoms with Crippen LogP contribution in [-0.2, 0) is 4.79 Å². The van der Waals surface area contributed by atoms with E-state index in [2.05, 4.69) is 19.1 Å². The molecule has 2 nitrogen and oxygen atoms in total. The van der Waals surface area contributed by atoms with Crippen molar-refractivity contribution in [3.05, 3.63) is 12.2 Å². The van der Waals surface area contributed by atoms with Crippen LogP contribution in [0.2, 0.25) is 0 Å². The van der Waals surface area contributed by atoms with Gasteiger partial charge in [0.15, 0.2) is 0 Å². The fraction of sp³-hybridized carbons (Fsp3) is 0.857. The number of allylic oxidation sites excluding steroid dienone is 2. The first-order valence-electron chi connectivity index (χ1n) is 10.1. The zero-order chi connectivity index (χ0) is 16.8. The summed E-state index contributed by atoms with van der Waals surface area (Å²) in [5.74, 6) is -0.540. The Hall–Kier alpha value is 0.846. The van der Waals surface area contributed by atoms with E-state index in [1.807, 2.05) is 0 Å². The molecule has 1 saturated carbocycles. The van der Waals surface area contributed by atoms with Gasteiger partial charge in [0.2, 0.25) is 0 Å². The van der Waals surface area contributed by atoms with E-state index in [9.17, 15) is 9.90 Å². The molecule has 0 bridgehead atoms. The van der Waals surface area contributed by atoms with Crippen molar-refractivity contribution in [3.63, 3.8) is 0 Å². The van der Waals surface area contributed by atoms with Crippen LogP contribution in [0.4, 0.5) is 0 Å². The number of carboxylic acids is 1. The molecular formula is C21H37KO2. The smallest absolute Gasteiger partial charge is 0.550 e. The Morgan fingerprint density at radius 2 is 1.42 bits per heavy atom. The fourth-order valence-electron chi connectivity index (χ4n) is 3.30. The van der Waals surface area contributed by atoms with Crippen LogP contribution in [0.5, 0.6) is 0 Å². The molecule has 24 heavy (non-hydrogen) atoms. The summed E-state index contributed by atoms with van der Waals surface area (Å²) in [5.41, 5.74) is 0. The summed E-state index contributed by atoms with van der Waals surface area (Å²) >= 11 is 0. The first-order valence-corrected chi connectivity index (χ1v) is 10.1. The Morgan fingerprint density at radius 1 is 0.917 bits per heavy atom. The number of unbranched alkanes of at least 4 members (excludes halogenated alkanes) is 10. The zero-order valence-corrected chi connectivity index (χ0v) is 19.4. The maximum Gasteiger partial charge on any atom is 1.00 e. The van der Waals surface area contributed by atoms with Gasteiger partial charge < -0.3 is 9.90 Å². The summed E-state index contributed by atoms with van der Waals surface area (Å²) in [6.07, 6.45) is 23.1. The molecule has 0 heterocycles. The predicted octanol–water partition coefficient (Wildman–Crippen LogP) is 2.41. The normalized spacial score (nSPS) is 15.4. The number of carbonyl (C=O) groups excluding carboxylic acids is 1. The van der Waals surface area contributed by atoms with Crippen LogP contribution in [0.1, 0.15) is 103 Å². The second-order valence-electron chi connectivity index (χ2n) is 7.28. The van der Waals surface area contributed by atoms with Gasteiger partial charge in [-0.2, -0.15) is 0 Å². The van der Waals surface area contributed by atoms with Gasteiger partial charge in [-0.05, 0) is 50.9 Å². The number of hydrogen-bond acceptors (Lipinski definition) is 2. The molecule has 0 aliphatic heterocycles. The predicted molar refractivity (Wildman–Crippen MR) is 96.1 cm³/mol. The third kappa shape index (κ3) is 14.1. The Morgan fingerprint density at radius 3 is 1.92 bits per heavy atom. The average molecular weight is 361 g/mol. The van der Waals surface area contributed by atoms with Crippen molar-refractivity contribution in [2.75, 3.05) is 0 Å². The average Bonchev–Trinajstić information content (AvgIpc) is 3.35. The zero-order valence-electron chi connectivity index (χ0n) is 16.2. The van der Waals surface area contributed by atoms with Crippen molar-refractivity contribution in [2.24, 2.45) is 11.8 Å². The van der Waals surface area contributed by atoms with E-state index in [1.54, 1.807) is 0 Å². The minimum absolute atomic E-state index is 0. The van der Waals surface area contributed by atoms with Gasteiger partial charge in [0.25, 0.3) is 0 Å². The van der Waals surface area contributed by atoms with Gasteiger partial charge >= 0.3 is 51.4 Å². The molecule has 1 aliphatic rings. The van der Waals surface area contributed by atoms with Gasteiger partial charge in [-0.1, -0.05) is 70.4 Å². The maximum atomic E-state index is 11.0. The molecule has 0 radical (unpaired) electrons. The van der Waals surface area contributed by atoms with E-state index in [4.69, 9.17) is 0 Å². The van der Waals surface area contributed by atoms with Crippen LogP contribution in [0.3, 0.4) is 0 Å². The molecule has 1 unspecified atom stereocenters. The van der Waals surface area contributed by atoms with Gasteiger partial charge in [0, 0.05) is 11.9 Å². The Labute approximate surface area is 192 Å². The van der Waals surface area contributed by atoms with Crippen LogP contribution >= 0.6 is 0 Å². The number of aliphatic carboxylic acids is 1. The standard InChI is InChI=1S/C21H38O2.K/c1-2-3-4-5-6-7-8-9-10-11-12-13-14-15-16-20(21(22)23)19-17-18-19;/h9-10,19-20H,2-8,11-18H2,1H3,(H,22,23);/q;+1/p-1/b10-9-;. The summed E-state index contributed by atoms with van der Waals surface area (Å²) in [5, 5.41) is 11.0. The van der Waals surface area contributed by atoms with E-state index < -0.39 is 5.97 Å². The van der Waals surface area contributed by atoms with Crippen molar-refractivity contribution in [1.29, 1.82) is 0 Å². The Balaban J connectivity index is 0.00000529. The first-order chi connectivity index (χ1) is 11.3. The van der Waals surface area contributed by atoms with Gasteiger partial charge in [0.05, 0.1) is 0 Å². The quantitative estimate of drug-likeness (QED) is 0.241. The minimum Gasteiger partial charge on any atom is -0.550 e. The van der Waals surface area contributed by atoms with E-state index in [1.165, 1.54) is 70.6 Å². The van der Waals surface area contributed by atoms with Crippen molar-refractivity contribution in [3.8, 4) is 0 Å². The summed E-state index contributed by atoms with van der Waals surface area (Å²) < 4.78 is 0. The number of rotatable bonds is 16. The minimum atomic E-state index is -0.815. The van der Waals surface area contributed by atoms with Gasteiger partial charge in [-0.25, -0.2) is 0 Å². The summed E-state index contributed by atoms with van der Waals surface area (Å²) in [6, 6.07) is 0. The molecule has 0 aromatic rings. The van der Waals surface area contributed by atoms with Crippen LogP contribution in [0.25, 0.3) is 0 Å². The SMILES string of the molecule is CCCCCCCC/C=C\CCCCCCC(C(=O)[O-])C1CC1.[K+]. The maximum absolute atomic E-state index is 11.0. The largest absolute Gasteiger partial charge is 1.00 e. The summed E-state index contributed by atoms with van der Waals surface area (Å²) in [6.45, 7) is 2.26. The topological polar surface area (TPSA) is 40.1 Å². The number of carbonyl (C=O) groups is 1. The molecule has 1 atom stereocenters. The van der Waals surface area contributed by atoms with Crippen LogP contribution in [0, 0.1) is 11.8 Å². The summed E-state index contributed by atoms with van der Waals surface area (Å²) in [4.78, 5) is 11.0. The Kier molecular flexibility index (Phi) is 17.9. The van der Waals surface area contributed by atoms with E-state index >= 15 is 0 Å². The van der Waals surface area contributed by atoms with Gasteiger partial charge in [-0.3, -0.25) is 0 Å². The van der Waals surface area contributed by atoms with E-state index in [0.717, 1.165) is 25.7 Å². The molecule has 3 heteroatoms. The molecule has 0 saturated heterocycles. The molecule has 0 N–H and O–H groups in total. The molecule has 0 aromatic carbocycles. The molecule has 0 amide bonds. The fourth-order valence-corrected chi connectivity index (χ4v) is 3.30. The summed E-state index contributed by atoms with van der Waals surface area (Å²) in [7, 11) is 0. The number of carboxylic acid groups (broad SMARTS) is 1. The second-order valence-corrected chi connectivity index (χ2v) is 7.28. The second kappa shape index (κ2) is 17.3. The van der Waals surface area contributed by atoms with Crippen LogP contribution < -0.4 is 56.5 Å². The molecule has 0 aromatic heterocycles. The monoisotopic (exact) mass is 360 g/mol. The molecule has 1 fully saturated rings. The molecule has 1 aliphatic carbocycles. The van der Waals surface area contributed by atoms with E-state index in [-0.39, 0.29) is 57.3 Å². The van der Waals surface area contributed by atoms with E-state index in [0.29, 0.717) is 5.92 Å². The van der Waals surface area contributed by atoms with Crippen molar-refractivity contribution >= 4 is 5.97 Å². The first kappa shape index (κ1) is 24.8. The van der Waals surface area contributed by atoms with Gasteiger partial charge in [-0.15, -0.1) is 0 Å². The van der Waals surface area contributed by atoms with Gasteiger partial charge in [0.1, 0.15) is 0 Å². The molecular weight excluding hydrogens is 323 g/mol.